The Balaban J connectivity index is 5.67. The maximum atomic E-state index is 13.4. The molecule has 0 aromatic rings. The molecule has 0 heterocycles. The first kappa shape index (κ1) is 51.6. The van der Waals surface area contributed by atoms with Gasteiger partial charge in [-0.15, -0.1) is 0 Å². The van der Waals surface area contributed by atoms with E-state index in [2.05, 4.69) is 37.2 Å². The highest BCUT2D eigenvalue weighted by Gasteiger charge is 2.32. The largest absolute Gasteiger partial charge is 0.345 e. The highest BCUT2D eigenvalue weighted by Crippen LogP contribution is 2.10. The van der Waals surface area contributed by atoms with Gasteiger partial charge in [0.25, 0.3) is 0 Å². The van der Waals surface area contributed by atoms with Gasteiger partial charge in [-0.1, -0.05) is 48.5 Å². The smallest absolute Gasteiger partial charge is 0.243 e. The van der Waals surface area contributed by atoms with Crippen molar-refractivity contribution >= 4 is 53.4 Å². The average Bonchev–Trinajstić information content (AvgIpc) is 3.11. The van der Waals surface area contributed by atoms with Crippen LogP contribution in [0.4, 0.5) is 0 Å². The Hall–Kier alpha value is -4.41. The van der Waals surface area contributed by atoms with Crippen LogP contribution < -0.4 is 43.0 Å². The van der Waals surface area contributed by atoms with Crippen LogP contribution in [0.2, 0.25) is 0 Å². The third kappa shape index (κ3) is 21.0. The molecular weight excluding hydrogens is 724 g/mol. The molecule has 17 heteroatoms. The van der Waals surface area contributed by atoms with E-state index in [4.69, 9.17) is 5.73 Å². The highest BCUT2D eigenvalue weighted by atomic mass is 16.2. The van der Waals surface area contributed by atoms with Gasteiger partial charge in [0, 0.05) is 19.3 Å². The summed E-state index contributed by atoms with van der Waals surface area (Å²) < 4.78 is 0. The van der Waals surface area contributed by atoms with E-state index in [1.54, 1.807) is 13.2 Å². The first-order chi connectivity index (χ1) is 26.2. The number of amides is 7. The maximum Gasteiger partial charge on any atom is 0.243 e. The molecule has 0 unspecified atom stereocenters. The fraction of sp³-hybridized carbons (Fsp3) is 0.769. The van der Waals surface area contributed by atoms with Gasteiger partial charge in [-0.2, -0.15) is 0 Å². The molecule has 7 atom stereocenters. The van der Waals surface area contributed by atoms with E-state index in [0.29, 0.717) is 32.2 Å². The summed E-state index contributed by atoms with van der Waals surface area (Å²) in [6.45, 7) is 17.6. The second-order valence-electron chi connectivity index (χ2n) is 15.6. The number of rotatable bonds is 28. The van der Waals surface area contributed by atoms with E-state index in [0.717, 1.165) is 0 Å². The lowest BCUT2D eigenvalue weighted by Crippen LogP contribution is -2.59. The van der Waals surface area contributed by atoms with E-state index in [1.807, 2.05) is 41.5 Å². The lowest BCUT2D eigenvalue weighted by Gasteiger charge is -2.27. The zero-order valence-corrected chi connectivity index (χ0v) is 35.1. The molecule has 0 aromatic heterocycles. The fourth-order valence-electron chi connectivity index (χ4n) is 5.59. The quantitative estimate of drug-likeness (QED) is 0.0511. The minimum absolute atomic E-state index is 0.0488. The van der Waals surface area contributed by atoms with Gasteiger partial charge in [0.05, 0.1) is 6.04 Å². The standard InChI is InChI=1S/C39H69N8O9/c1-11-33(50)44-29(19-22(2)3)37(54)41-26(9)35(52)46-31(21-24(6)7)39(56)43-27(10)36(53)47-30(20-23(4)5)38(55)42-25(8)34(51)45-28(15-12-13-17-40)32(49)16-14-18-48/h22-31H,11-17,19-21,40H2,1-10H3,(H,41,54)(H,42,55)(H,43,56)(H,44,50)(H,45,51)(H,46,52)(H,47,53)/t25-,26-,27-,28-,29-,30-,31-/m0/s1. The summed E-state index contributed by atoms with van der Waals surface area (Å²) in [6, 6.07) is -7.14. The molecule has 0 saturated heterocycles. The lowest BCUT2D eigenvalue weighted by molar-refractivity contribution is -0.135. The van der Waals surface area contributed by atoms with Crippen LogP contribution in [0.25, 0.3) is 0 Å². The van der Waals surface area contributed by atoms with Gasteiger partial charge in [0.15, 0.2) is 12.1 Å². The summed E-state index contributed by atoms with van der Waals surface area (Å²) in [5.74, 6) is -4.45. The van der Waals surface area contributed by atoms with Crippen molar-refractivity contribution in [1.29, 1.82) is 0 Å². The maximum absolute atomic E-state index is 13.4. The van der Waals surface area contributed by atoms with Crippen molar-refractivity contribution in [2.45, 2.75) is 169 Å². The number of nitrogens with two attached hydrogens (primary N) is 1. The number of ketones is 1. The van der Waals surface area contributed by atoms with Crippen LogP contribution in [0, 0.1) is 17.8 Å². The summed E-state index contributed by atoms with van der Waals surface area (Å²) in [6.07, 6.45) is 3.96. The van der Waals surface area contributed by atoms with Crippen LogP contribution in [-0.2, 0) is 43.2 Å². The van der Waals surface area contributed by atoms with Crippen molar-refractivity contribution in [3.8, 4) is 0 Å². The first-order valence-electron chi connectivity index (χ1n) is 19.9. The van der Waals surface area contributed by atoms with Crippen LogP contribution in [0.5, 0.6) is 0 Å². The van der Waals surface area contributed by atoms with Crippen LogP contribution in [0.15, 0.2) is 0 Å². The van der Waals surface area contributed by atoms with E-state index >= 15 is 0 Å². The molecule has 9 N–H and O–H groups in total. The Bertz CT molecular complexity index is 1320. The van der Waals surface area contributed by atoms with E-state index < -0.39 is 77.7 Å². The van der Waals surface area contributed by atoms with Crippen LogP contribution in [0.3, 0.4) is 0 Å². The zero-order chi connectivity index (χ0) is 43.1. The molecule has 7 amide bonds. The SMILES string of the molecule is CCC(=O)N[C@@H](CC(C)C)C(=O)N[C@@H](C)C(=O)N[C@@H](CC(C)C)C(=O)N[C@@H](C)C(=O)N[C@@H](CC(C)C)C(=O)N[C@@H](C)C(=O)N[C@@H](CCCCN)C(=O)CC[C]=O. The third-order valence-electron chi connectivity index (χ3n) is 8.74. The Kier molecular flexibility index (Phi) is 25.1. The minimum atomic E-state index is -1.14. The number of hydrogen-bond donors (Lipinski definition) is 8. The molecule has 1 radical (unpaired) electrons. The topological polar surface area (TPSA) is 264 Å². The van der Waals surface area contributed by atoms with Crippen molar-refractivity contribution in [1.82, 2.24) is 37.2 Å². The third-order valence-corrected chi connectivity index (χ3v) is 8.74. The van der Waals surface area contributed by atoms with Crippen molar-refractivity contribution in [2.24, 2.45) is 23.5 Å². The van der Waals surface area contributed by atoms with Crippen LogP contribution >= 0.6 is 0 Å². The molecule has 17 nitrogen and oxygen atoms in total. The average molecular weight is 794 g/mol. The summed E-state index contributed by atoms with van der Waals surface area (Å²) in [4.78, 5) is 115. The first-order valence-corrected chi connectivity index (χ1v) is 19.9. The molecular formula is C39H69N8O9. The van der Waals surface area contributed by atoms with Crippen molar-refractivity contribution in [3.05, 3.63) is 0 Å². The molecule has 0 spiro atoms. The highest BCUT2D eigenvalue weighted by molar-refractivity contribution is 5.97. The normalized spacial score (nSPS) is 15.0. The van der Waals surface area contributed by atoms with Gasteiger partial charge in [-0.25, -0.2) is 0 Å². The Labute approximate surface area is 332 Å². The Morgan fingerprint density at radius 1 is 0.500 bits per heavy atom. The molecule has 319 valence electrons. The molecule has 0 aromatic carbocycles. The van der Waals surface area contributed by atoms with Gasteiger partial charge in [0.1, 0.15) is 36.3 Å². The number of nitrogens with one attached hydrogen (secondary N) is 7. The molecule has 0 rings (SSSR count). The van der Waals surface area contributed by atoms with Crippen molar-refractivity contribution in [2.75, 3.05) is 6.54 Å². The van der Waals surface area contributed by atoms with Gasteiger partial charge in [-0.3, -0.25) is 43.2 Å². The zero-order valence-electron chi connectivity index (χ0n) is 35.1. The second-order valence-corrected chi connectivity index (χ2v) is 15.6. The predicted octanol–water partition coefficient (Wildman–Crippen LogP) is 0.576. The summed E-state index contributed by atoms with van der Waals surface area (Å²) in [7, 11) is 0. The summed E-state index contributed by atoms with van der Waals surface area (Å²) >= 11 is 0. The van der Waals surface area contributed by atoms with Gasteiger partial charge < -0.3 is 43.0 Å². The summed E-state index contributed by atoms with van der Waals surface area (Å²) in [5, 5.41) is 18.4. The number of unbranched alkanes of at least 4 members (excludes halogenated alkanes) is 1. The Morgan fingerprint density at radius 2 is 0.857 bits per heavy atom. The number of carbonyl (C=O) groups is 8. The van der Waals surface area contributed by atoms with Crippen LogP contribution in [-0.4, -0.2) is 102 Å². The van der Waals surface area contributed by atoms with Gasteiger partial charge >= 0.3 is 0 Å². The summed E-state index contributed by atoms with van der Waals surface area (Å²) in [5.41, 5.74) is 5.56. The minimum Gasteiger partial charge on any atom is -0.345 e. The number of Topliss-reactive ketones (excluding diaryl/α,β-unsaturated/α-hetero) is 1. The molecule has 0 aliphatic carbocycles. The lowest BCUT2D eigenvalue weighted by atomic mass is 10.0. The number of hydrogen-bond acceptors (Lipinski definition) is 10. The van der Waals surface area contributed by atoms with Gasteiger partial charge in [0.2, 0.25) is 41.4 Å². The molecule has 56 heavy (non-hydrogen) atoms. The Morgan fingerprint density at radius 3 is 1.18 bits per heavy atom. The van der Waals surface area contributed by atoms with Gasteiger partial charge in [-0.05, 0) is 83.6 Å². The van der Waals surface area contributed by atoms with Crippen molar-refractivity contribution < 1.29 is 43.2 Å². The molecule has 0 bridgehead atoms. The van der Waals surface area contributed by atoms with E-state index in [9.17, 15) is 43.2 Å². The molecule has 0 saturated carbocycles. The number of carbonyl (C=O) groups excluding carboxylic acids is 9. The van der Waals surface area contributed by atoms with E-state index in [1.165, 1.54) is 20.8 Å². The van der Waals surface area contributed by atoms with E-state index in [-0.39, 0.29) is 61.5 Å². The molecule has 0 fully saturated rings. The van der Waals surface area contributed by atoms with Crippen LogP contribution in [0.1, 0.15) is 127 Å². The predicted molar refractivity (Wildman–Crippen MR) is 212 cm³/mol. The van der Waals surface area contributed by atoms with Crippen molar-refractivity contribution in [3.63, 3.8) is 0 Å². The molecule has 0 aliphatic rings. The fourth-order valence-corrected chi connectivity index (χ4v) is 5.59. The second kappa shape index (κ2) is 27.2. The molecule has 0 aliphatic heterocycles. The monoisotopic (exact) mass is 794 g/mol.